The maximum absolute atomic E-state index is 5.44. The lowest BCUT2D eigenvalue weighted by Crippen LogP contribution is -2.43. The Labute approximate surface area is 103 Å². The lowest BCUT2D eigenvalue weighted by molar-refractivity contribution is 0.0564. The van der Waals surface area contributed by atoms with E-state index >= 15 is 0 Å². The highest BCUT2D eigenvalue weighted by Gasteiger charge is 2.17. The molecule has 0 aromatic heterocycles. The summed E-state index contributed by atoms with van der Waals surface area (Å²) in [6, 6.07) is 0.614. The fourth-order valence-corrected chi connectivity index (χ4v) is 2.76. The standard InChI is InChI=1S/C12H22N2OS/c16-12(14-11-5-1-2-6-11)13-8-10-4-3-7-15-9-10/h10-11H,1-9H2,(H2,13,14,16). The van der Waals surface area contributed by atoms with Crippen LogP contribution in [0, 0.1) is 5.92 Å². The summed E-state index contributed by atoms with van der Waals surface area (Å²) in [4.78, 5) is 0. The number of thiocarbonyl (C=S) groups is 1. The molecule has 1 aliphatic heterocycles. The van der Waals surface area contributed by atoms with Gasteiger partial charge in [0.1, 0.15) is 0 Å². The Kier molecular flexibility index (Phi) is 4.85. The number of nitrogens with one attached hydrogen (secondary N) is 2. The fraction of sp³-hybridized carbons (Fsp3) is 0.917. The third-order valence-corrected chi connectivity index (χ3v) is 3.76. The highest BCUT2D eigenvalue weighted by Crippen LogP contribution is 2.17. The Balaban J connectivity index is 1.59. The van der Waals surface area contributed by atoms with Crippen LogP contribution >= 0.6 is 12.2 Å². The lowest BCUT2D eigenvalue weighted by atomic mass is 10.0. The van der Waals surface area contributed by atoms with Gasteiger partial charge in [0.05, 0.1) is 6.61 Å². The van der Waals surface area contributed by atoms with Crippen molar-refractivity contribution in [1.29, 1.82) is 0 Å². The van der Waals surface area contributed by atoms with E-state index in [-0.39, 0.29) is 0 Å². The molecule has 2 fully saturated rings. The molecule has 1 aliphatic carbocycles. The van der Waals surface area contributed by atoms with Gasteiger partial charge in [0, 0.05) is 19.2 Å². The maximum atomic E-state index is 5.44. The Morgan fingerprint density at radius 2 is 2.00 bits per heavy atom. The predicted octanol–water partition coefficient (Wildman–Crippen LogP) is 1.82. The molecule has 2 N–H and O–H groups in total. The fourth-order valence-electron chi connectivity index (χ4n) is 2.51. The topological polar surface area (TPSA) is 33.3 Å². The van der Waals surface area contributed by atoms with Gasteiger partial charge in [-0.1, -0.05) is 12.8 Å². The first-order valence-corrected chi connectivity index (χ1v) is 6.87. The molecule has 0 aromatic rings. The van der Waals surface area contributed by atoms with Crippen LogP contribution < -0.4 is 10.6 Å². The van der Waals surface area contributed by atoms with Gasteiger partial charge in [0.25, 0.3) is 0 Å². The second-order valence-electron chi connectivity index (χ2n) is 4.92. The summed E-state index contributed by atoms with van der Waals surface area (Å²) in [5, 5.41) is 7.55. The van der Waals surface area contributed by atoms with Crippen LogP contribution in [0.4, 0.5) is 0 Å². The van der Waals surface area contributed by atoms with Crippen molar-refractivity contribution in [3.05, 3.63) is 0 Å². The average Bonchev–Trinajstić information content (AvgIpc) is 2.81. The zero-order valence-corrected chi connectivity index (χ0v) is 10.7. The van der Waals surface area contributed by atoms with Gasteiger partial charge in [-0.3, -0.25) is 0 Å². The molecule has 2 rings (SSSR count). The second kappa shape index (κ2) is 6.40. The summed E-state index contributed by atoms with van der Waals surface area (Å²) in [7, 11) is 0. The van der Waals surface area contributed by atoms with E-state index in [1.54, 1.807) is 0 Å². The third kappa shape index (κ3) is 3.91. The highest BCUT2D eigenvalue weighted by molar-refractivity contribution is 7.80. The monoisotopic (exact) mass is 242 g/mol. The van der Waals surface area contributed by atoms with Crippen molar-refractivity contribution in [2.75, 3.05) is 19.8 Å². The van der Waals surface area contributed by atoms with Gasteiger partial charge in [-0.05, 0) is 43.8 Å². The molecule has 0 spiro atoms. The van der Waals surface area contributed by atoms with Crippen LogP contribution in [-0.2, 0) is 4.74 Å². The van der Waals surface area contributed by atoms with Crippen molar-refractivity contribution in [1.82, 2.24) is 10.6 Å². The van der Waals surface area contributed by atoms with E-state index < -0.39 is 0 Å². The van der Waals surface area contributed by atoms with Crippen molar-refractivity contribution in [2.24, 2.45) is 5.92 Å². The Morgan fingerprint density at radius 3 is 2.69 bits per heavy atom. The first kappa shape index (κ1) is 12.1. The summed E-state index contributed by atoms with van der Waals surface area (Å²) in [6.45, 7) is 2.78. The molecule has 0 radical (unpaired) electrons. The van der Waals surface area contributed by atoms with E-state index in [0.717, 1.165) is 24.9 Å². The summed E-state index contributed by atoms with van der Waals surface area (Å²) in [5.74, 6) is 0.636. The molecule has 1 unspecified atom stereocenters. The molecule has 4 heteroatoms. The zero-order valence-electron chi connectivity index (χ0n) is 9.84. The van der Waals surface area contributed by atoms with Crippen molar-refractivity contribution >= 4 is 17.3 Å². The van der Waals surface area contributed by atoms with Gasteiger partial charge in [-0.2, -0.15) is 0 Å². The summed E-state index contributed by atoms with van der Waals surface area (Å²) in [6.07, 6.45) is 7.68. The van der Waals surface area contributed by atoms with E-state index in [2.05, 4.69) is 10.6 Å². The predicted molar refractivity (Wildman–Crippen MR) is 69.5 cm³/mol. The SMILES string of the molecule is S=C(NCC1CCCOC1)NC1CCCC1. The summed E-state index contributed by atoms with van der Waals surface area (Å²) in [5.41, 5.74) is 0. The molecule has 1 heterocycles. The van der Waals surface area contributed by atoms with Gasteiger partial charge in [0.2, 0.25) is 0 Å². The van der Waals surface area contributed by atoms with Crippen LogP contribution in [0.2, 0.25) is 0 Å². The molecule has 16 heavy (non-hydrogen) atoms. The quantitative estimate of drug-likeness (QED) is 0.740. The number of rotatable bonds is 3. The molecule has 0 aromatic carbocycles. The van der Waals surface area contributed by atoms with Crippen LogP contribution in [0.3, 0.4) is 0 Å². The van der Waals surface area contributed by atoms with Crippen LogP contribution in [0.5, 0.6) is 0 Å². The van der Waals surface area contributed by atoms with E-state index in [4.69, 9.17) is 17.0 Å². The average molecular weight is 242 g/mol. The van der Waals surface area contributed by atoms with E-state index in [1.807, 2.05) is 0 Å². The van der Waals surface area contributed by atoms with Gasteiger partial charge in [-0.25, -0.2) is 0 Å². The smallest absolute Gasteiger partial charge is 0.166 e. The summed E-state index contributed by atoms with van der Waals surface area (Å²) >= 11 is 5.30. The normalized spacial score (nSPS) is 26.6. The minimum Gasteiger partial charge on any atom is -0.381 e. The van der Waals surface area contributed by atoms with Crippen LogP contribution in [0.1, 0.15) is 38.5 Å². The number of ether oxygens (including phenoxy) is 1. The molecular weight excluding hydrogens is 220 g/mol. The van der Waals surface area contributed by atoms with Crippen molar-refractivity contribution in [3.8, 4) is 0 Å². The van der Waals surface area contributed by atoms with Crippen LogP contribution in [-0.4, -0.2) is 30.9 Å². The molecule has 1 atom stereocenters. The van der Waals surface area contributed by atoms with Gasteiger partial charge in [-0.15, -0.1) is 0 Å². The third-order valence-electron chi connectivity index (χ3n) is 3.50. The molecule has 0 bridgehead atoms. The van der Waals surface area contributed by atoms with E-state index in [1.165, 1.54) is 38.5 Å². The van der Waals surface area contributed by atoms with Crippen LogP contribution in [0.15, 0.2) is 0 Å². The Morgan fingerprint density at radius 1 is 1.19 bits per heavy atom. The van der Waals surface area contributed by atoms with E-state index in [9.17, 15) is 0 Å². The minimum absolute atomic E-state index is 0.614. The van der Waals surface area contributed by atoms with Crippen molar-refractivity contribution in [3.63, 3.8) is 0 Å². The molecule has 1 saturated carbocycles. The second-order valence-corrected chi connectivity index (χ2v) is 5.33. The maximum Gasteiger partial charge on any atom is 0.166 e. The molecule has 0 amide bonds. The van der Waals surface area contributed by atoms with E-state index in [0.29, 0.717) is 12.0 Å². The highest BCUT2D eigenvalue weighted by atomic mass is 32.1. The molecular formula is C12H22N2OS. The largest absolute Gasteiger partial charge is 0.381 e. The minimum atomic E-state index is 0.614. The molecule has 92 valence electrons. The summed E-state index contributed by atoms with van der Waals surface area (Å²) < 4.78 is 5.44. The van der Waals surface area contributed by atoms with Crippen molar-refractivity contribution in [2.45, 2.75) is 44.6 Å². The molecule has 3 nitrogen and oxygen atoms in total. The van der Waals surface area contributed by atoms with Gasteiger partial charge >= 0.3 is 0 Å². The van der Waals surface area contributed by atoms with Crippen molar-refractivity contribution < 1.29 is 4.74 Å². The first-order chi connectivity index (χ1) is 7.84. The van der Waals surface area contributed by atoms with Crippen LogP contribution in [0.25, 0.3) is 0 Å². The molecule has 1 saturated heterocycles. The Hall–Kier alpha value is -0.350. The number of hydrogen-bond acceptors (Lipinski definition) is 2. The molecule has 2 aliphatic rings. The number of hydrogen-bond donors (Lipinski definition) is 2. The Bertz CT molecular complexity index is 223. The zero-order chi connectivity index (χ0) is 11.2. The first-order valence-electron chi connectivity index (χ1n) is 6.46. The lowest BCUT2D eigenvalue weighted by Gasteiger charge is -2.23. The van der Waals surface area contributed by atoms with Gasteiger partial charge < -0.3 is 15.4 Å². The van der Waals surface area contributed by atoms with Gasteiger partial charge in [0.15, 0.2) is 5.11 Å².